The number of nitrogens with one attached hydrogen (secondary N) is 1. The summed E-state index contributed by atoms with van der Waals surface area (Å²) in [5.74, 6) is 0.732. The largest absolute Gasteiger partial charge is 0.314 e. The van der Waals surface area contributed by atoms with Gasteiger partial charge in [0.25, 0.3) is 0 Å². The molecule has 0 amide bonds. The lowest BCUT2D eigenvalue weighted by atomic mass is 9.93. The molecule has 2 aromatic carbocycles. The Labute approximate surface area is 142 Å². The van der Waals surface area contributed by atoms with E-state index in [9.17, 15) is 0 Å². The van der Waals surface area contributed by atoms with Gasteiger partial charge >= 0.3 is 0 Å². The predicted octanol–water partition coefficient (Wildman–Crippen LogP) is 5.26. The van der Waals surface area contributed by atoms with E-state index < -0.39 is 0 Å². The molecule has 2 aromatic rings. The summed E-state index contributed by atoms with van der Waals surface area (Å²) in [6.45, 7) is 5.78. The average molecular weight is 309 g/mol. The molecule has 0 saturated heterocycles. The fourth-order valence-corrected chi connectivity index (χ4v) is 3.06. The van der Waals surface area contributed by atoms with Crippen molar-refractivity contribution in [2.24, 2.45) is 5.92 Å². The topological polar surface area (TPSA) is 12.0 Å². The normalized spacial score (nSPS) is 13.7. The third kappa shape index (κ3) is 6.58. The first-order valence-corrected chi connectivity index (χ1v) is 9.10. The van der Waals surface area contributed by atoms with Gasteiger partial charge in [0.1, 0.15) is 0 Å². The molecule has 1 heteroatoms. The summed E-state index contributed by atoms with van der Waals surface area (Å²) in [4.78, 5) is 0. The highest BCUT2D eigenvalue weighted by molar-refractivity contribution is 5.15. The molecule has 0 aromatic heterocycles. The fraction of sp³-hybridized carbons (Fsp3) is 0.455. The van der Waals surface area contributed by atoms with E-state index in [-0.39, 0.29) is 0 Å². The van der Waals surface area contributed by atoms with Crippen molar-refractivity contribution in [2.45, 2.75) is 52.0 Å². The minimum Gasteiger partial charge on any atom is -0.314 e. The van der Waals surface area contributed by atoms with Crippen LogP contribution in [0.4, 0.5) is 0 Å². The molecular formula is C22H31N. The molecule has 23 heavy (non-hydrogen) atoms. The van der Waals surface area contributed by atoms with Crippen LogP contribution in [-0.2, 0) is 12.8 Å². The Balaban J connectivity index is 1.74. The summed E-state index contributed by atoms with van der Waals surface area (Å²) in [7, 11) is 0. The molecule has 0 saturated carbocycles. The molecule has 2 atom stereocenters. The van der Waals surface area contributed by atoms with Gasteiger partial charge in [-0.05, 0) is 49.3 Å². The van der Waals surface area contributed by atoms with E-state index in [0.717, 1.165) is 12.5 Å². The average Bonchev–Trinajstić information content (AvgIpc) is 2.62. The third-order valence-electron chi connectivity index (χ3n) is 4.81. The van der Waals surface area contributed by atoms with Gasteiger partial charge in [0, 0.05) is 6.04 Å². The van der Waals surface area contributed by atoms with Crippen LogP contribution in [0.25, 0.3) is 0 Å². The monoisotopic (exact) mass is 309 g/mol. The van der Waals surface area contributed by atoms with Crippen LogP contribution in [0.3, 0.4) is 0 Å². The van der Waals surface area contributed by atoms with Crippen LogP contribution in [0.1, 0.15) is 44.2 Å². The maximum atomic E-state index is 3.81. The minimum absolute atomic E-state index is 0.621. The lowest BCUT2D eigenvalue weighted by Gasteiger charge is -2.24. The summed E-state index contributed by atoms with van der Waals surface area (Å²) in [6, 6.07) is 22.3. The van der Waals surface area contributed by atoms with Crippen LogP contribution in [0.5, 0.6) is 0 Å². The van der Waals surface area contributed by atoms with Crippen molar-refractivity contribution in [2.75, 3.05) is 6.54 Å². The summed E-state index contributed by atoms with van der Waals surface area (Å²) in [5.41, 5.74) is 2.89. The van der Waals surface area contributed by atoms with E-state index in [4.69, 9.17) is 0 Å². The standard InChI is InChI=1S/C22H31N/c1-3-19(2)22(17-16-21-13-8-5-9-14-21)23-18-10-15-20-11-6-4-7-12-20/h4-9,11-14,19,22-23H,3,10,15-18H2,1-2H3. The summed E-state index contributed by atoms with van der Waals surface area (Å²) in [6.07, 6.45) is 6.01. The van der Waals surface area contributed by atoms with Gasteiger partial charge in [-0.1, -0.05) is 80.9 Å². The van der Waals surface area contributed by atoms with Crippen LogP contribution in [0.15, 0.2) is 60.7 Å². The maximum absolute atomic E-state index is 3.81. The number of rotatable bonds is 10. The first-order valence-electron chi connectivity index (χ1n) is 9.10. The molecular weight excluding hydrogens is 278 g/mol. The quantitative estimate of drug-likeness (QED) is 0.591. The second kappa shape index (κ2) is 10.2. The molecule has 2 rings (SSSR count). The van der Waals surface area contributed by atoms with Gasteiger partial charge in [-0.2, -0.15) is 0 Å². The van der Waals surface area contributed by atoms with E-state index in [1.165, 1.54) is 43.2 Å². The zero-order valence-corrected chi connectivity index (χ0v) is 14.7. The Bertz CT molecular complexity index is 520. The zero-order chi connectivity index (χ0) is 16.3. The van der Waals surface area contributed by atoms with E-state index in [0.29, 0.717) is 6.04 Å². The van der Waals surface area contributed by atoms with Crippen molar-refractivity contribution in [3.63, 3.8) is 0 Å². The Morgan fingerprint density at radius 1 is 0.826 bits per heavy atom. The van der Waals surface area contributed by atoms with Gasteiger partial charge in [0.05, 0.1) is 0 Å². The summed E-state index contributed by atoms with van der Waals surface area (Å²) >= 11 is 0. The zero-order valence-electron chi connectivity index (χ0n) is 14.7. The van der Waals surface area contributed by atoms with Crippen molar-refractivity contribution in [1.82, 2.24) is 5.32 Å². The van der Waals surface area contributed by atoms with Crippen LogP contribution < -0.4 is 5.32 Å². The van der Waals surface area contributed by atoms with Crippen LogP contribution in [0, 0.1) is 5.92 Å². The van der Waals surface area contributed by atoms with E-state index in [2.05, 4.69) is 79.8 Å². The van der Waals surface area contributed by atoms with Crippen LogP contribution in [0.2, 0.25) is 0 Å². The molecule has 0 aliphatic carbocycles. The number of hydrogen-bond donors (Lipinski definition) is 1. The van der Waals surface area contributed by atoms with Crippen molar-refractivity contribution in [3.8, 4) is 0 Å². The third-order valence-corrected chi connectivity index (χ3v) is 4.81. The lowest BCUT2D eigenvalue weighted by molar-refractivity contribution is 0.347. The van der Waals surface area contributed by atoms with Crippen molar-refractivity contribution < 1.29 is 0 Å². The second-order valence-corrected chi connectivity index (χ2v) is 6.56. The van der Waals surface area contributed by atoms with Gasteiger partial charge in [-0.15, -0.1) is 0 Å². The number of aryl methyl sites for hydroxylation is 2. The summed E-state index contributed by atoms with van der Waals surface area (Å²) in [5, 5.41) is 3.81. The van der Waals surface area contributed by atoms with Gasteiger partial charge in [0.2, 0.25) is 0 Å². The first kappa shape index (κ1) is 17.7. The molecule has 0 aliphatic heterocycles. The first-order chi connectivity index (χ1) is 11.3. The van der Waals surface area contributed by atoms with Crippen LogP contribution in [-0.4, -0.2) is 12.6 Å². The fourth-order valence-electron chi connectivity index (χ4n) is 3.06. The summed E-state index contributed by atoms with van der Waals surface area (Å²) < 4.78 is 0. The molecule has 1 nitrogen and oxygen atoms in total. The van der Waals surface area contributed by atoms with Gasteiger partial charge < -0.3 is 5.32 Å². The van der Waals surface area contributed by atoms with E-state index in [1.54, 1.807) is 0 Å². The molecule has 0 spiro atoms. The van der Waals surface area contributed by atoms with E-state index in [1.807, 2.05) is 0 Å². The molecule has 124 valence electrons. The molecule has 1 N–H and O–H groups in total. The minimum atomic E-state index is 0.621. The maximum Gasteiger partial charge on any atom is 0.00957 e. The Kier molecular flexibility index (Phi) is 7.89. The SMILES string of the molecule is CCC(C)C(CCc1ccccc1)NCCCc1ccccc1. The number of benzene rings is 2. The van der Waals surface area contributed by atoms with Gasteiger partial charge in [-0.25, -0.2) is 0 Å². The van der Waals surface area contributed by atoms with E-state index >= 15 is 0 Å². The smallest absolute Gasteiger partial charge is 0.00957 e. The second-order valence-electron chi connectivity index (χ2n) is 6.56. The van der Waals surface area contributed by atoms with Crippen molar-refractivity contribution in [3.05, 3.63) is 71.8 Å². The predicted molar refractivity (Wildman–Crippen MR) is 101 cm³/mol. The highest BCUT2D eigenvalue weighted by Gasteiger charge is 2.14. The molecule has 2 unspecified atom stereocenters. The molecule has 0 heterocycles. The number of hydrogen-bond acceptors (Lipinski definition) is 1. The van der Waals surface area contributed by atoms with Crippen molar-refractivity contribution >= 4 is 0 Å². The highest BCUT2D eigenvalue weighted by Crippen LogP contribution is 2.15. The molecule has 0 bridgehead atoms. The van der Waals surface area contributed by atoms with Crippen molar-refractivity contribution in [1.29, 1.82) is 0 Å². The molecule has 0 radical (unpaired) electrons. The molecule has 0 aliphatic rings. The van der Waals surface area contributed by atoms with Gasteiger partial charge in [0.15, 0.2) is 0 Å². The highest BCUT2D eigenvalue weighted by atomic mass is 14.9. The molecule has 0 fully saturated rings. The van der Waals surface area contributed by atoms with Gasteiger partial charge in [-0.3, -0.25) is 0 Å². The Hall–Kier alpha value is -1.60. The Morgan fingerprint density at radius 3 is 1.96 bits per heavy atom. The lowest BCUT2D eigenvalue weighted by Crippen LogP contribution is -2.36. The van der Waals surface area contributed by atoms with Crippen LogP contribution >= 0.6 is 0 Å². The Morgan fingerprint density at radius 2 is 1.39 bits per heavy atom.